The summed E-state index contributed by atoms with van der Waals surface area (Å²) >= 11 is 2.71. The number of carbonyl (C=O) groups excluding carboxylic acids is 10. The van der Waals surface area contributed by atoms with E-state index in [4.69, 9.17) is 11.5 Å². The number of unbranched alkanes of at least 4 members (excludes halogenated alkanes) is 1. The van der Waals surface area contributed by atoms with Crippen LogP contribution in [0.4, 0.5) is 8.78 Å². The van der Waals surface area contributed by atoms with Crippen LogP contribution >= 0.6 is 23.5 Å². The summed E-state index contributed by atoms with van der Waals surface area (Å²) in [7, 11) is 0. The number of hydrogen-bond acceptors (Lipinski definition) is 16. The van der Waals surface area contributed by atoms with E-state index in [2.05, 4.69) is 62.5 Å². The van der Waals surface area contributed by atoms with Crippen molar-refractivity contribution in [1.29, 1.82) is 0 Å². The molecule has 0 unspecified atom stereocenters. The summed E-state index contributed by atoms with van der Waals surface area (Å²) in [5, 5.41) is 41.8. The van der Waals surface area contributed by atoms with Gasteiger partial charge in [0.15, 0.2) is 0 Å². The number of nitrogens with zero attached hydrogens (tertiary/aromatic N) is 2. The Kier molecular flexibility index (Phi) is 26.3. The van der Waals surface area contributed by atoms with Crippen LogP contribution in [0.5, 0.6) is 5.75 Å². The molecule has 8 rings (SSSR count). The Labute approximate surface area is 557 Å². The number of aromatic hydroxyl groups is 1. The van der Waals surface area contributed by atoms with Gasteiger partial charge < -0.3 is 84.1 Å². The summed E-state index contributed by atoms with van der Waals surface area (Å²) in [6.45, 7) is -0.401. The fourth-order valence-electron chi connectivity index (χ4n) is 11.1. The molecule has 0 saturated carbocycles. The number of rotatable bonds is 15. The zero-order valence-electron chi connectivity index (χ0n) is 52.1. The molecule has 10 amide bonds. The highest BCUT2D eigenvalue weighted by molar-refractivity contribution is 7.99. The van der Waals surface area contributed by atoms with Gasteiger partial charge in [0.1, 0.15) is 65.7 Å². The van der Waals surface area contributed by atoms with E-state index in [1.807, 2.05) is 12.2 Å². The highest BCUT2D eigenvalue weighted by Gasteiger charge is 2.41. The number of halogens is 2. The largest absolute Gasteiger partial charge is 0.508 e. The molecule has 17 N–H and O–H groups in total. The van der Waals surface area contributed by atoms with Crippen LogP contribution in [0.25, 0.3) is 21.8 Å². The molecular weight excluding hydrogens is 1290 g/mol. The monoisotopic (exact) mass is 1370 g/mol. The number of carboxylic acids is 1. The van der Waals surface area contributed by atoms with Crippen molar-refractivity contribution in [2.75, 3.05) is 42.6 Å². The molecule has 3 aromatic heterocycles. The first-order valence-electron chi connectivity index (χ1n) is 31.1. The van der Waals surface area contributed by atoms with Crippen molar-refractivity contribution in [1.82, 2.24) is 67.4 Å². The maximum Gasteiger partial charge on any atom is 0.305 e. The number of carbonyl (C=O) groups is 11. The molecule has 512 valence electrons. The van der Waals surface area contributed by atoms with E-state index in [0.717, 1.165) is 6.07 Å². The van der Waals surface area contributed by atoms with E-state index < -0.39 is 144 Å². The summed E-state index contributed by atoms with van der Waals surface area (Å²) in [5.74, 6) is -10.6. The number of imidazole rings is 1. The zero-order chi connectivity index (χ0) is 68.8. The molecule has 2 aliphatic rings. The van der Waals surface area contributed by atoms with E-state index in [-0.39, 0.29) is 73.2 Å². The normalized spacial score (nSPS) is 22.6. The molecule has 0 spiro atoms. The molecule has 5 heterocycles. The van der Waals surface area contributed by atoms with Crippen LogP contribution in [0, 0.1) is 11.6 Å². The van der Waals surface area contributed by atoms with Crippen molar-refractivity contribution in [2.45, 2.75) is 119 Å². The molecule has 0 aliphatic carbocycles. The number of primary amides is 1. The number of H-pyrrole nitrogens is 3. The van der Waals surface area contributed by atoms with Gasteiger partial charge in [-0.05, 0) is 104 Å². The van der Waals surface area contributed by atoms with Crippen LogP contribution in [0.15, 0.2) is 97.7 Å². The second-order valence-corrected chi connectivity index (χ2v) is 25.4. The van der Waals surface area contributed by atoms with Crippen molar-refractivity contribution < 1.29 is 71.7 Å². The third kappa shape index (κ3) is 20.8. The number of amides is 10. The Balaban J connectivity index is 1.13. The Morgan fingerprint density at radius 1 is 0.635 bits per heavy atom. The van der Waals surface area contributed by atoms with Gasteiger partial charge in [-0.15, -0.1) is 0 Å². The van der Waals surface area contributed by atoms with Gasteiger partial charge in [-0.3, -0.25) is 52.7 Å². The maximum absolute atomic E-state index is 15.0. The SMILES string of the molecule is NCCCC[C@@H]1NC(=O)CCSCC=CCSC[C@@H](C(N)=O)NC(=O)[C@@H]2CCCN2C(=O)[C@H](Cc2ccc(O)cc2)NC(=O)[C@H](Cc2cnc[nH]2)NC(=O)[C@H](CC(=O)O)NC(=O)[C@H](Cc2c[nH]c3ccc(F)cc23)NC(=O)[C@H](Cc2c[nH]c3ccc(F)cc23)NC(=O)CNC1=O. The molecule has 6 aromatic rings. The van der Waals surface area contributed by atoms with Gasteiger partial charge in [0, 0.05) is 108 Å². The smallest absolute Gasteiger partial charge is 0.305 e. The Bertz CT molecular complexity index is 3800. The lowest BCUT2D eigenvalue weighted by Crippen LogP contribution is -2.61. The number of hydrogen-bond donors (Lipinski definition) is 15. The van der Waals surface area contributed by atoms with Crippen molar-refractivity contribution in [3.05, 3.63) is 132 Å². The summed E-state index contributed by atoms with van der Waals surface area (Å²) in [6.07, 6.45) is 8.23. The molecule has 96 heavy (non-hydrogen) atoms. The number of benzene rings is 3. The van der Waals surface area contributed by atoms with E-state index in [1.165, 1.54) is 108 Å². The summed E-state index contributed by atoms with van der Waals surface area (Å²) in [4.78, 5) is 169. The lowest BCUT2D eigenvalue weighted by atomic mass is 10.0. The van der Waals surface area contributed by atoms with Gasteiger partial charge in [0.05, 0.1) is 19.3 Å². The average molecular weight is 1370 g/mol. The summed E-state index contributed by atoms with van der Waals surface area (Å²) in [6, 6.07) is 1.29. The minimum Gasteiger partial charge on any atom is -0.508 e. The lowest BCUT2D eigenvalue weighted by Gasteiger charge is -2.31. The number of nitrogens with one attached hydrogen (secondary N) is 11. The van der Waals surface area contributed by atoms with Crippen molar-refractivity contribution in [2.24, 2.45) is 11.5 Å². The molecule has 2 aliphatic heterocycles. The Morgan fingerprint density at radius 3 is 1.82 bits per heavy atom. The molecule has 28 nitrogen and oxygen atoms in total. The minimum atomic E-state index is -2.04. The van der Waals surface area contributed by atoms with Crippen molar-refractivity contribution in [3.8, 4) is 5.75 Å². The number of aromatic nitrogens is 4. The molecule has 1 fully saturated rings. The number of carboxylic acid groups (broad SMARTS) is 1. The molecule has 8 atom stereocenters. The third-order valence-electron chi connectivity index (χ3n) is 16.1. The number of aliphatic carboxylic acids is 1. The zero-order valence-corrected chi connectivity index (χ0v) is 53.7. The maximum atomic E-state index is 15.0. The number of thioether (sulfide) groups is 2. The van der Waals surface area contributed by atoms with E-state index in [9.17, 15) is 71.7 Å². The predicted octanol–water partition coefficient (Wildman–Crippen LogP) is 0.643. The summed E-state index contributed by atoms with van der Waals surface area (Å²) in [5.41, 5.74) is 13.6. The Hall–Kier alpha value is -9.82. The number of aromatic amines is 3. The van der Waals surface area contributed by atoms with Gasteiger partial charge in [-0.1, -0.05) is 24.3 Å². The topological polar surface area (TPSA) is 440 Å². The standard InChI is InChI=1S/C64H77F2N15O13S2/c65-38-10-14-44-42(25-38)36(29-70-44)23-47-59(89)76-48(24-37-30-71-45-15-11-39(66)26-43(37)45)60(90)78-50(28-56(85)86)62(92)77-49(27-40-31-69-34-73-40)61(91)79-51(22-35-8-12-41(82)13-9-35)64(94)81-18-5-7-53(81)63(93)80-52(57(68)87)33-96-20-4-3-19-95-21-16-54(83)74-46(6-1-2-17-67)58(88)72-32-55(84)75-47/h3-4,8-15,25-26,29-31,34,46-53,70-71,82H,1-2,5-7,16-24,27-28,32-33,67H2,(H2,68,87)(H,69,73)(H,72,88)(H,74,83)(H,75,84)(H,76,89)(H,77,92)(H,78,90)(H,79,91)(H,80,93)(H,85,86)/t46-,47-,48-,49-,50-,51-,52-,53-/m0/s1. The van der Waals surface area contributed by atoms with Crippen LogP contribution in [-0.2, 0) is 78.4 Å². The van der Waals surface area contributed by atoms with Crippen molar-refractivity contribution >= 4 is 110 Å². The molecule has 3 aromatic carbocycles. The first-order valence-corrected chi connectivity index (χ1v) is 33.4. The van der Waals surface area contributed by atoms with Gasteiger partial charge >= 0.3 is 5.97 Å². The van der Waals surface area contributed by atoms with Crippen LogP contribution in [-0.4, -0.2) is 191 Å². The summed E-state index contributed by atoms with van der Waals surface area (Å²) < 4.78 is 29.7. The highest BCUT2D eigenvalue weighted by atomic mass is 32.2. The second kappa shape index (κ2) is 35.1. The molecule has 32 heteroatoms. The second-order valence-electron chi connectivity index (χ2n) is 23.1. The van der Waals surface area contributed by atoms with Gasteiger partial charge in [-0.25, -0.2) is 13.8 Å². The Morgan fingerprint density at radius 2 is 1.22 bits per heavy atom. The van der Waals surface area contributed by atoms with E-state index in [0.29, 0.717) is 70.6 Å². The average Bonchev–Trinajstić information content (AvgIpc) is 1.65. The molecule has 0 bridgehead atoms. The highest BCUT2D eigenvalue weighted by Crippen LogP contribution is 2.25. The van der Waals surface area contributed by atoms with Crippen molar-refractivity contribution in [3.63, 3.8) is 0 Å². The van der Waals surface area contributed by atoms with Crippen LogP contribution in [0.1, 0.15) is 67.3 Å². The predicted molar refractivity (Wildman–Crippen MR) is 352 cm³/mol. The van der Waals surface area contributed by atoms with Crippen LogP contribution in [0.2, 0.25) is 0 Å². The van der Waals surface area contributed by atoms with Gasteiger partial charge in [0.2, 0.25) is 59.1 Å². The lowest BCUT2D eigenvalue weighted by molar-refractivity contribution is -0.143. The molecular formula is C64H77F2N15O13S2. The fraction of sp³-hybridized carbons (Fsp3) is 0.406. The third-order valence-corrected chi connectivity index (χ3v) is 18.0. The number of phenolic OH excluding ortho intramolecular Hbond substituents is 1. The fourth-order valence-corrected chi connectivity index (χ4v) is 12.8. The number of phenols is 1. The first kappa shape index (κ1) is 72.0. The first-order chi connectivity index (χ1) is 46.1. The van der Waals surface area contributed by atoms with Gasteiger partial charge in [0.25, 0.3) is 0 Å². The number of nitrogens with two attached hydrogens (primary N) is 2. The van der Waals surface area contributed by atoms with E-state index in [1.54, 1.807) is 0 Å². The minimum absolute atomic E-state index is 0.0113. The van der Waals surface area contributed by atoms with Crippen LogP contribution < -0.4 is 54.0 Å². The quantitative estimate of drug-likeness (QED) is 0.0495. The molecule has 0 radical (unpaired) electrons. The van der Waals surface area contributed by atoms with E-state index >= 15 is 0 Å². The molecule has 1 saturated heterocycles. The van der Waals surface area contributed by atoms with Crippen LogP contribution in [0.3, 0.4) is 0 Å². The van der Waals surface area contributed by atoms with Gasteiger partial charge in [-0.2, -0.15) is 23.5 Å². The number of fused-ring (bicyclic) bond motifs is 3.